The van der Waals surface area contributed by atoms with Gasteiger partial charge in [-0.15, -0.1) is 0 Å². The average molecular weight is 345 g/mol. The maximum atomic E-state index is 11.8. The van der Waals surface area contributed by atoms with Crippen molar-refractivity contribution < 1.29 is 19.1 Å². The first-order valence-electron chi connectivity index (χ1n) is 8.89. The molecule has 4 heteroatoms. The van der Waals surface area contributed by atoms with Crippen molar-refractivity contribution in [3.63, 3.8) is 0 Å². The van der Waals surface area contributed by atoms with Gasteiger partial charge in [0.25, 0.3) is 0 Å². The lowest BCUT2D eigenvalue weighted by molar-refractivity contribution is -0.153. The van der Waals surface area contributed by atoms with Crippen molar-refractivity contribution in [3.8, 4) is 0 Å². The van der Waals surface area contributed by atoms with Crippen LogP contribution in [0.5, 0.6) is 0 Å². The second-order valence-electron chi connectivity index (χ2n) is 7.57. The Morgan fingerprint density at radius 2 is 1.29 bits per heavy atom. The van der Waals surface area contributed by atoms with E-state index < -0.39 is 5.41 Å². The van der Waals surface area contributed by atoms with Crippen molar-refractivity contribution in [1.82, 2.24) is 0 Å². The van der Waals surface area contributed by atoms with Crippen molar-refractivity contribution in [3.05, 3.63) is 0 Å². The monoisotopic (exact) mass is 344 g/mol. The van der Waals surface area contributed by atoms with Gasteiger partial charge in [-0.3, -0.25) is 9.59 Å². The zero-order chi connectivity index (χ0) is 17.9. The number of Topliss-reactive ketones (excluding diaryl/α,β-unsaturated/α-hetero) is 1. The highest BCUT2D eigenvalue weighted by Crippen LogP contribution is 2.25. The Balaban J connectivity index is 0. The zero-order valence-corrected chi connectivity index (χ0v) is 16.0. The minimum absolute atomic E-state index is 0. The van der Waals surface area contributed by atoms with Crippen LogP contribution in [0.25, 0.3) is 0 Å². The third-order valence-electron chi connectivity index (χ3n) is 4.46. The Hall–Kier alpha value is -0.900. The average Bonchev–Trinajstić information content (AvgIpc) is 2.45. The lowest BCUT2D eigenvalue weighted by atomic mass is 9.84. The molecule has 0 unspecified atom stereocenters. The van der Waals surface area contributed by atoms with E-state index in [9.17, 15) is 9.59 Å². The van der Waals surface area contributed by atoms with Crippen LogP contribution in [-0.4, -0.2) is 31.6 Å². The van der Waals surface area contributed by atoms with Crippen LogP contribution in [0.2, 0.25) is 0 Å². The van der Waals surface area contributed by atoms with Gasteiger partial charge in [-0.1, -0.05) is 34.1 Å². The van der Waals surface area contributed by atoms with Crippen LogP contribution in [0.1, 0.15) is 87.5 Å². The molecule has 24 heavy (non-hydrogen) atoms. The molecule has 0 heterocycles. The van der Waals surface area contributed by atoms with Crippen LogP contribution in [0.15, 0.2) is 0 Å². The number of carbonyl (C=O) groups excluding carboxylic acids is 2. The molecule has 0 radical (unpaired) electrons. The molecule has 0 saturated carbocycles. The van der Waals surface area contributed by atoms with E-state index in [-0.39, 0.29) is 24.6 Å². The summed E-state index contributed by atoms with van der Waals surface area (Å²) in [5.74, 6) is 0.136. The predicted octanol–water partition coefficient (Wildman–Crippen LogP) is 5.18. The lowest BCUT2D eigenvalue weighted by Crippen LogP contribution is -2.26. The minimum Gasteiger partial charge on any atom is -0.466 e. The first-order chi connectivity index (χ1) is 10.6. The number of hydrogen-bond donors (Lipinski definition) is 0. The quantitative estimate of drug-likeness (QED) is 0.341. The molecule has 4 nitrogen and oxygen atoms in total. The fourth-order valence-electron chi connectivity index (χ4n) is 2.25. The maximum absolute atomic E-state index is 11.8. The van der Waals surface area contributed by atoms with Gasteiger partial charge in [0.15, 0.2) is 0 Å². The number of rotatable bonds is 13. The molecule has 0 amide bonds. The molecule has 0 rings (SSSR count). The van der Waals surface area contributed by atoms with Crippen LogP contribution >= 0.6 is 0 Å². The second kappa shape index (κ2) is 12.5. The molecule has 0 aromatic heterocycles. The van der Waals surface area contributed by atoms with E-state index in [0.717, 1.165) is 51.7 Å². The SMILES string of the molecule is C.CCOC(=O)C(C)(C)CCCCOCCCCC(C)(C)C(C)=O. The number of hydrogen-bond acceptors (Lipinski definition) is 4. The molecule has 0 aliphatic rings. The van der Waals surface area contributed by atoms with Crippen LogP contribution in [0.3, 0.4) is 0 Å². The molecule has 144 valence electrons. The minimum atomic E-state index is -0.408. The number of unbranched alkanes of at least 4 members (excludes halogenated alkanes) is 2. The molecule has 0 bridgehead atoms. The summed E-state index contributed by atoms with van der Waals surface area (Å²) in [5.41, 5.74) is -0.618. The second-order valence-corrected chi connectivity index (χ2v) is 7.57. The smallest absolute Gasteiger partial charge is 0.311 e. The molecule has 0 N–H and O–H groups in total. The Labute approximate surface area is 149 Å². The third kappa shape index (κ3) is 10.8. The predicted molar refractivity (Wildman–Crippen MR) is 100 cm³/mol. The topological polar surface area (TPSA) is 52.6 Å². The van der Waals surface area contributed by atoms with Crippen LogP contribution in [-0.2, 0) is 19.1 Å². The Kier molecular flexibility index (Phi) is 13.2. The summed E-state index contributed by atoms with van der Waals surface area (Å²) < 4.78 is 10.7. The fraction of sp³-hybridized carbons (Fsp3) is 0.900. The molecule has 0 spiro atoms. The summed E-state index contributed by atoms with van der Waals surface area (Å²) in [7, 11) is 0. The first kappa shape index (κ1) is 25.3. The number of ether oxygens (including phenoxy) is 2. The molecule has 0 fully saturated rings. The molecule has 0 saturated heterocycles. The van der Waals surface area contributed by atoms with E-state index in [1.807, 2.05) is 34.6 Å². The van der Waals surface area contributed by atoms with E-state index in [4.69, 9.17) is 9.47 Å². The van der Waals surface area contributed by atoms with Gasteiger partial charge in [0.2, 0.25) is 0 Å². The zero-order valence-electron chi connectivity index (χ0n) is 16.0. The van der Waals surface area contributed by atoms with E-state index >= 15 is 0 Å². The van der Waals surface area contributed by atoms with E-state index in [1.54, 1.807) is 6.92 Å². The van der Waals surface area contributed by atoms with E-state index in [1.165, 1.54) is 0 Å². The highest BCUT2D eigenvalue weighted by Gasteiger charge is 2.28. The van der Waals surface area contributed by atoms with Crippen molar-refractivity contribution in [1.29, 1.82) is 0 Å². The summed E-state index contributed by atoms with van der Waals surface area (Å²) >= 11 is 0. The molecule has 0 aromatic carbocycles. The van der Waals surface area contributed by atoms with Crippen molar-refractivity contribution in [2.75, 3.05) is 19.8 Å². The highest BCUT2D eigenvalue weighted by molar-refractivity contribution is 5.81. The third-order valence-corrected chi connectivity index (χ3v) is 4.46. The van der Waals surface area contributed by atoms with Gasteiger partial charge in [-0.2, -0.15) is 0 Å². The Morgan fingerprint density at radius 3 is 1.71 bits per heavy atom. The molecular formula is C20H40O4. The summed E-state index contributed by atoms with van der Waals surface area (Å²) in [6.07, 6.45) is 5.67. The Morgan fingerprint density at radius 1 is 0.833 bits per heavy atom. The standard InChI is InChI=1S/C19H36O4.CH4/c1-7-23-17(21)19(5,6)13-9-11-15-22-14-10-8-12-18(3,4)16(2)20;/h7-15H2,1-6H3;1H4. The van der Waals surface area contributed by atoms with Gasteiger partial charge >= 0.3 is 5.97 Å². The van der Waals surface area contributed by atoms with Gasteiger partial charge in [0, 0.05) is 18.6 Å². The van der Waals surface area contributed by atoms with Gasteiger partial charge in [0.05, 0.1) is 12.0 Å². The molecule has 0 aliphatic carbocycles. The van der Waals surface area contributed by atoms with Gasteiger partial charge in [0.1, 0.15) is 5.78 Å². The summed E-state index contributed by atoms with van der Waals surface area (Å²) in [6, 6.07) is 0. The number of esters is 1. The van der Waals surface area contributed by atoms with Gasteiger partial charge in [-0.25, -0.2) is 0 Å². The highest BCUT2D eigenvalue weighted by atomic mass is 16.5. The molecule has 0 aromatic rings. The van der Waals surface area contributed by atoms with Gasteiger partial charge < -0.3 is 9.47 Å². The number of carbonyl (C=O) groups is 2. The maximum Gasteiger partial charge on any atom is 0.311 e. The van der Waals surface area contributed by atoms with Crippen LogP contribution in [0.4, 0.5) is 0 Å². The van der Waals surface area contributed by atoms with Gasteiger partial charge in [-0.05, 0) is 53.4 Å². The summed E-state index contributed by atoms with van der Waals surface area (Å²) in [5, 5.41) is 0. The first-order valence-corrected chi connectivity index (χ1v) is 8.89. The van der Waals surface area contributed by atoms with E-state index in [2.05, 4.69) is 0 Å². The van der Waals surface area contributed by atoms with Crippen molar-refractivity contribution in [2.45, 2.75) is 87.5 Å². The van der Waals surface area contributed by atoms with Crippen LogP contribution < -0.4 is 0 Å². The fourth-order valence-corrected chi connectivity index (χ4v) is 2.25. The summed E-state index contributed by atoms with van der Waals surface area (Å²) in [6.45, 7) is 13.3. The number of ketones is 1. The van der Waals surface area contributed by atoms with Crippen molar-refractivity contribution in [2.24, 2.45) is 10.8 Å². The normalized spacial score (nSPS) is 11.8. The van der Waals surface area contributed by atoms with Crippen LogP contribution in [0, 0.1) is 10.8 Å². The molecule has 0 aliphatic heterocycles. The Bertz CT molecular complexity index is 359. The lowest BCUT2D eigenvalue weighted by Gasteiger charge is -2.22. The van der Waals surface area contributed by atoms with Crippen molar-refractivity contribution >= 4 is 11.8 Å². The molecular weight excluding hydrogens is 304 g/mol. The largest absolute Gasteiger partial charge is 0.466 e. The molecule has 0 atom stereocenters. The van der Waals surface area contributed by atoms with E-state index in [0.29, 0.717) is 6.61 Å². The summed E-state index contributed by atoms with van der Waals surface area (Å²) in [4.78, 5) is 23.2.